The quantitative estimate of drug-likeness (QED) is 0.826. The van der Waals surface area contributed by atoms with Crippen LogP contribution in [-0.2, 0) is 9.53 Å². The van der Waals surface area contributed by atoms with E-state index in [4.69, 9.17) is 0 Å². The average molecular weight is 276 g/mol. The van der Waals surface area contributed by atoms with Crippen molar-refractivity contribution in [2.24, 2.45) is 5.92 Å². The molecule has 1 amide bonds. The molecule has 5 heteroatoms. The van der Waals surface area contributed by atoms with Crippen molar-refractivity contribution in [1.29, 1.82) is 0 Å². The van der Waals surface area contributed by atoms with E-state index in [0.717, 1.165) is 19.4 Å². The predicted octanol–water partition coefficient (Wildman–Crippen LogP) is 1.80. The molecule has 2 atom stereocenters. The lowest BCUT2D eigenvalue weighted by Crippen LogP contribution is -2.45. The molecule has 2 rings (SSSR count). The van der Waals surface area contributed by atoms with Crippen LogP contribution in [0.5, 0.6) is 0 Å². The van der Waals surface area contributed by atoms with Crippen molar-refractivity contribution in [3.63, 3.8) is 0 Å². The standard InChI is InChI=1S/C15H20N2O3/c1-10-6-7-16-13(8-10)14(18)17-12-5-3-4-11(9-12)15(19)20-2/h3-5,9-10,13,16H,6-8H2,1-2H3,(H,17,18). The zero-order chi connectivity index (χ0) is 14.5. The zero-order valence-electron chi connectivity index (χ0n) is 11.8. The Morgan fingerprint density at radius 3 is 2.90 bits per heavy atom. The largest absolute Gasteiger partial charge is 0.465 e. The summed E-state index contributed by atoms with van der Waals surface area (Å²) in [5.74, 6) is 0.0810. The van der Waals surface area contributed by atoms with E-state index in [-0.39, 0.29) is 11.9 Å². The van der Waals surface area contributed by atoms with Gasteiger partial charge in [0, 0.05) is 5.69 Å². The molecule has 1 saturated heterocycles. The third kappa shape index (κ3) is 3.57. The van der Waals surface area contributed by atoms with Crippen molar-refractivity contribution < 1.29 is 14.3 Å². The molecule has 20 heavy (non-hydrogen) atoms. The van der Waals surface area contributed by atoms with Crippen LogP contribution in [0.2, 0.25) is 0 Å². The van der Waals surface area contributed by atoms with Gasteiger partial charge in [-0.2, -0.15) is 0 Å². The van der Waals surface area contributed by atoms with Crippen LogP contribution < -0.4 is 10.6 Å². The second-order valence-electron chi connectivity index (χ2n) is 5.20. The van der Waals surface area contributed by atoms with Gasteiger partial charge in [0.05, 0.1) is 18.7 Å². The highest BCUT2D eigenvalue weighted by Gasteiger charge is 2.24. The zero-order valence-corrected chi connectivity index (χ0v) is 11.8. The number of carbonyl (C=O) groups is 2. The van der Waals surface area contributed by atoms with Gasteiger partial charge in [-0.3, -0.25) is 4.79 Å². The van der Waals surface area contributed by atoms with Gasteiger partial charge in [-0.05, 0) is 43.5 Å². The first-order valence-corrected chi connectivity index (χ1v) is 6.82. The van der Waals surface area contributed by atoms with Crippen LogP contribution in [-0.4, -0.2) is 31.6 Å². The van der Waals surface area contributed by atoms with E-state index in [2.05, 4.69) is 22.3 Å². The number of esters is 1. The predicted molar refractivity (Wildman–Crippen MR) is 76.6 cm³/mol. The average Bonchev–Trinajstić information content (AvgIpc) is 2.46. The molecule has 0 spiro atoms. The minimum absolute atomic E-state index is 0.0569. The first kappa shape index (κ1) is 14.5. The lowest BCUT2D eigenvalue weighted by Gasteiger charge is -2.27. The van der Waals surface area contributed by atoms with Crippen LogP contribution >= 0.6 is 0 Å². The van der Waals surface area contributed by atoms with Crippen LogP contribution in [0, 0.1) is 5.92 Å². The molecular weight excluding hydrogens is 256 g/mol. The summed E-state index contributed by atoms with van der Waals surface area (Å²) >= 11 is 0. The van der Waals surface area contributed by atoms with E-state index in [1.807, 2.05) is 0 Å². The summed E-state index contributed by atoms with van der Waals surface area (Å²) in [5.41, 5.74) is 1.04. The van der Waals surface area contributed by atoms with E-state index in [9.17, 15) is 9.59 Å². The molecule has 0 aromatic heterocycles. The Labute approximate surface area is 118 Å². The Morgan fingerprint density at radius 2 is 2.20 bits per heavy atom. The minimum atomic E-state index is -0.412. The fourth-order valence-corrected chi connectivity index (χ4v) is 2.38. The van der Waals surface area contributed by atoms with Gasteiger partial charge < -0.3 is 15.4 Å². The first-order valence-electron chi connectivity index (χ1n) is 6.82. The Hall–Kier alpha value is -1.88. The monoisotopic (exact) mass is 276 g/mol. The number of hydrogen-bond donors (Lipinski definition) is 2. The second-order valence-corrected chi connectivity index (χ2v) is 5.20. The van der Waals surface area contributed by atoms with Gasteiger partial charge in [-0.15, -0.1) is 0 Å². The van der Waals surface area contributed by atoms with Gasteiger partial charge in [0.25, 0.3) is 0 Å². The molecule has 1 aliphatic heterocycles. The van der Waals surface area contributed by atoms with Crippen LogP contribution in [0.4, 0.5) is 5.69 Å². The molecule has 0 saturated carbocycles. The summed E-state index contributed by atoms with van der Waals surface area (Å²) in [7, 11) is 1.33. The molecule has 0 aliphatic carbocycles. The summed E-state index contributed by atoms with van der Waals surface area (Å²) in [4.78, 5) is 23.6. The molecular formula is C15H20N2O3. The Morgan fingerprint density at radius 1 is 1.40 bits per heavy atom. The number of methoxy groups -OCH3 is 1. The van der Waals surface area contributed by atoms with E-state index in [1.54, 1.807) is 24.3 Å². The fraction of sp³-hybridized carbons (Fsp3) is 0.467. The van der Waals surface area contributed by atoms with Gasteiger partial charge in [0.1, 0.15) is 0 Å². The third-order valence-corrected chi connectivity index (χ3v) is 3.53. The molecule has 0 radical (unpaired) electrons. The maximum atomic E-state index is 12.2. The van der Waals surface area contributed by atoms with Crippen LogP contribution in [0.15, 0.2) is 24.3 Å². The number of rotatable bonds is 3. The molecule has 108 valence electrons. The van der Waals surface area contributed by atoms with Crippen LogP contribution in [0.3, 0.4) is 0 Å². The third-order valence-electron chi connectivity index (χ3n) is 3.53. The molecule has 5 nitrogen and oxygen atoms in total. The number of ether oxygens (including phenoxy) is 1. The van der Waals surface area contributed by atoms with E-state index in [0.29, 0.717) is 17.2 Å². The Balaban J connectivity index is 2.02. The van der Waals surface area contributed by atoms with Crippen LogP contribution in [0.25, 0.3) is 0 Å². The van der Waals surface area contributed by atoms with Gasteiger partial charge >= 0.3 is 5.97 Å². The first-order chi connectivity index (χ1) is 9.60. The van der Waals surface area contributed by atoms with E-state index in [1.165, 1.54) is 7.11 Å². The molecule has 1 heterocycles. The summed E-state index contributed by atoms with van der Waals surface area (Å²) in [6.07, 6.45) is 1.93. The smallest absolute Gasteiger partial charge is 0.337 e. The van der Waals surface area contributed by atoms with Crippen molar-refractivity contribution in [3.05, 3.63) is 29.8 Å². The summed E-state index contributed by atoms with van der Waals surface area (Å²) in [5, 5.41) is 6.06. The maximum Gasteiger partial charge on any atom is 0.337 e. The van der Waals surface area contributed by atoms with Gasteiger partial charge in [0.2, 0.25) is 5.91 Å². The number of hydrogen-bond acceptors (Lipinski definition) is 4. The summed E-state index contributed by atoms with van der Waals surface area (Å²) in [6, 6.07) is 6.59. The molecule has 2 unspecified atom stereocenters. The Kier molecular flexibility index (Phi) is 4.74. The molecule has 1 fully saturated rings. The lowest BCUT2D eigenvalue weighted by atomic mass is 9.94. The lowest BCUT2D eigenvalue weighted by molar-refractivity contribution is -0.119. The molecule has 2 N–H and O–H groups in total. The van der Waals surface area contributed by atoms with Gasteiger partial charge in [-0.25, -0.2) is 4.79 Å². The maximum absolute atomic E-state index is 12.2. The number of benzene rings is 1. The van der Waals surface area contributed by atoms with E-state index >= 15 is 0 Å². The number of amides is 1. The summed E-state index contributed by atoms with van der Waals surface area (Å²) < 4.78 is 4.66. The van der Waals surface area contributed by atoms with Gasteiger partial charge in [0.15, 0.2) is 0 Å². The van der Waals surface area contributed by atoms with Crippen molar-refractivity contribution in [2.75, 3.05) is 19.0 Å². The number of nitrogens with one attached hydrogen (secondary N) is 2. The van der Waals surface area contributed by atoms with Crippen LogP contribution in [0.1, 0.15) is 30.1 Å². The fourth-order valence-electron chi connectivity index (χ4n) is 2.38. The van der Waals surface area contributed by atoms with Gasteiger partial charge in [-0.1, -0.05) is 13.0 Å². The normalized spacial score (nSPS) is 22.1. The Bertz CT molecular complexity index is 502. The van der Waals surface area contributed by atoms with Crippen molar-refractivity contribution in [3.8, 4) is 0 Å². The number of carbonyl (C=O) groups excluding carboxylic acids is 2. The van der Waals surface area contributed by atoms with Crippen molar-refractivity contribution in [2.45, 2.75) is 25.8 Å². The van der Waals surface area contributed by atoms with Crippen molar-refractivity contribution >= 4 is 17.6 Å². The van der Waals surface area contributed by atoms with Crippen molar-refractivity contribution in [1.82, 2.24) is 5.32 Å². The van der Waals surface area contributed by atoms with E-state index < -0.39 is 5.97 Å². The minimum Gasteiger partial charge on any atom is -0.465 e. The second kappa shape index (κ2) is 6.52. The SMILES string of the molecule is COC(=O)c1cccc(NC(=O)C2CC(C)CCN2)c1. The highest BCUT2D eigenvalue weighted by atomic mass is 16.5. The molecule has 1 aliphatic rings. The molecule has 1 aromatic rings. The highest BCUT2D eigenvalue weighted by molar-refractivity contribution is 5.97. The molecule has 1 aromatic carbocycles. The number of piperidine rings is 1. The topological polar surface area (TPSA) is 67.4 Å². The molecule has 0 bridgehead atoms. The highest BCUT2D eigenvalue weighted by Crippen LogP contribution is 2.17. The number of anilines is 1. The summed E-state index contributed by atoms with van der Waals surface area (Å²) in [6.45, 7) is 3.01.